The van der Waals surface area contributed by atoms with Crippen LogP contribution in [0.1, 0.15) is 37.5 Å². The summed E-state index contributed by atoms with van der Waals surface area (Å²) in [7, 11) is 0. The average molecular weight is 381 g/mol. The number of fused-ring (bicyclic) bond motifs is 1. The summed E-state index contributed by atoms with van der Waals surface area (Å²) in [4.78, 5) is 26.6. The van der Waals surface area contributed by atoms with Crippen LogP contribution in [-0.2, 0) is 9.53 Å². The molecule has 0 aliphatic carbocycles. The third kappa shape index (κ3) is 3.86. The van der Waals surface area contributed by atoms with Crippen LogP contribution in [0.2, 0.25) is 5.02 Å². The van der Waals surface area contributed by atoms with Gasteiger partial charge >= 0.3 is 6.09 Å². The number of carbonyl (C=O) groups is 2. The molecule has 1 aliphatic rings. The van der Waals surface area contributed by atoms with Gasteiger partial charge in [-0.1, -0.05) is 29.8 Å². The Balaban J connectivity index is 2.12. The predicted molar refractivity (Wildman–Crippen MR) is 104 cm³/mol. The highest BCUT2D eigenvalue weighted by Gasteiger charge is 2.39. The van der Waals surface area contributed by atoms with Crippen LogP contribution >= 0.6 is 11.6 Å². The fourth-order valence-electron chi connectivity index (χ4n) is 2.75. The van der Waals surface area contributed by atoms with Crippen molar-refractivity contribution in [3.05, 3.63) is 64.2 Å². The van der Waals surface area contributed by atoms with Crippen molar-refractivity contribution < 1.29 is 14.3 Å². The fraction of sp³-hybridized carbons (Fsp3) is 0.190. The van der Waals surface area contributed by atoms with E-state index in [1.165, 1.54) is 6.07 Å². The van der Waals surface area contributed by atoms with Crippen LogP contribution in [-0.4, -0.2) is 17.6 Å². The molecule has 2 amide bonds. The second-order valence-electron chi connectivity index (χ2n) is 7.08. The number of imide groups is 1. The van der Waals surface area contributed by atoms with Gasteiger partial charge in [-0.25, -0.2) is 9.69 Å². The van der Waals surface area contributed by atoms with Gasteiger partial charge in [0.15, 0.2) is 0 Å². The van der Waals surface area contributed by atoms with Crippen LogP contribution in [0, 0.1) is 11.3 Å². The smallest absolute Gasteiger partial charge is 0.422 e. The molecular formula is C21H17ClN2O3. The van der Waals surface area contributed by atoms with Gasteiger partial charge in [0.1, 0.15) is 5.60 Å². The lowest BCUT2D eigenvalue weighted by Gasteiger charge is -2.23. The lowest BCUT2D eigenvalue weighted by Crippen LogP contribution is -2.38. The summed E-state index contributed by atoms with van der Waals surface area (Å²) < 4.78 is 5.37. The Kier molecular flexibility index (Phi) is 4.77. The first kappa shape index (κ1) is 18.7. The molecule has 27 heavy (non-hydrogen) atoms. The minimum Gasteiger partial charge on any atom is -0.443 e. The molecule has 0 radical (unpaired) electrons. The highest BCUT2D eigenvalue weighted by Crippen LogP contribution is 2.39. The van der Waals surface area contributed by atoms with Crippen molar-refractivity contribution >= 4 is 40.9 Å². The quantitative estimate of drug-likeness (QED) is 0.650. The number of hydrogen-bond acceptors (Lipinski definition) is 4. The minimum atomic E-state index is -0.779. The average Bonchev–Trinajstić information content (AvgIpc) is 2.84. The largest absolute Gasteiger partial charge is 0.443 e. The lowest BCUT2D eigenvalue weighted by molar-refractivity contribution is -0.112. The summed E-state index contributed by atoms with van der Waals surface area (Å²) >= 11 is 6.02. The van der Waals surface area contributed by atoms with Crippen molar-refractivity contribution in [2.75, 3.05) is 4.90 Å². The van der Waals surface area contributed by atoms with Crippen molar-refractivity contribution in [1.82, 2.24) is 0 Å². The van der Waals surface area contributed by atoms with Crippen LogP contribution < -0.4 is 4.90 Å². The summed E-state index contributed by atoms with van der Waals surface area (Å²) in [6.07, 6.45) is 0.891. The van der Waals surface area contributed by atoms with E-state index in [4.69, 9.17) is 16.3 Å². The first-order valence-electron chi connectivity index (χ1n) is 8.29. The molecule has 1 aliphatic heterocycles. The molecule has 0 N–H and O–H groups in total. The molecule has 5 nitrogen and oxygen atoms in total. The molecule has 0 saturated heterocycles. The number of ether oxygens (including phenoxy) is 1. The van der Waals surface area contributed by atoms with Gasteiger partial charge in [-0.15, -0.1) is 0 Å². The Bertz CT molecular complexity index is 1010. The van der Waals surface area contributed by atoms with Crippen molar-refractivity contribution in [3.8, 4) is 6.07 Å². The summed E-state index contributed by atoms with van der Waals surface area (Å²) in [5, 5.41) is 9.72. The highest BCUT2D eigenvalue weighted by molar-refractivity contribution is 6.41. The second kappa shape index (κ2) is 6.90. The third-order valence-electron chi connectivity index (χ3n) is 3.83. The van der Waals surface area contributed by atoms with E-state index < -0.39 is 17.6 Å². The zero-order chi connectivity index (χ0) is 19.8. The van der Waals surface area contributed by atoms with Crippen LogP contribution in [0.15, 0.2) is 42.5 Å². The molecule has 0 aromatic heterocycles. The number of nitriles is 1. The van der Waals surface area contributed by atoms with Gasteiger partial charge in [0, 0.05) is 10.6 Å². The fourth-order valence-corrected chi connectivity index (χ4v) is 2.95. The Morgan fingerprint density at radius 2 is 1.96 bits per heavy atom. The number of halogens is 1. The van der Waals surface area contributed by atoms with Gasteiger partial charge in [0.05, 0.1) is 22.9 Å². The molecular weight excluding hydrogens is 364 g/mol. The van der Waals surface area contributed by atoms with E-state index in [0.29, 0.717) is 27.4 Å². The first-order chi connectivity index (χ1) is 12.7. The topological polar surface area (TPSA) is 70.4 Å². The highest BCUT2D eigenvalue weighted by atomic mass is 35.5. The maximum Gasteiger partial charge on any atom is 0.422 e. The SMILES string of the molecule is CC(C)(C)OC(=O)N1C(=O)/C(=C/c2cccc(Cl)c2)c2ccc(C#N)cc21. The van der Waals surface area contributed by atoms with E-state index in [-0.39, 0.29) is 0 Å². The Labute approximate surface area is 162 Å². The summed E-state index contributed by atoms with van der Waals surface area (Å²) in [5.41, 5.74) is 1.55. The number of anilines is 1. The Morgan fingerprint density at radius 1 is 1.22 bits per heavy atom. The zero-order valence-electron chi connectivity index (χ0n) is 15.1. The van der Waals surface area contributed by atoms with Crippen LogP contribution in [0.4, 0.5) is 10.5 Å². The van der Waals surface area contributed by atoms with E-state index in [1.807, 2.05) is 12.1 Å². The first-order valence-corrected chi connectivity index (χ1v) is 8.66. The molecule has 2 aromatic carbocycles. The van der Waals surface area contributed by atoms with Crippen LogP contribution in [0.3, 0.4) is 0 Å². The summed E-state index contributed by atoms with van der Waals surface area (Å²) in [6, 6.07) is 13.8. The predicted octanol–water partition coefficient (Wildman–Crippen LogP) is 5.03. The number of carbonyl (C=O) groups excluding carboxylic acids is 2. The normalized spacial score (nSPS) is 14.9. The lowest BCUT2D eigenvalue weighted by atomic mass is 10.0. The Hall–Kier alpha value is -3.10. The molecule has 0 spiro atoms. The number of hydrogen-bond donors (Lipinski definition) is 0. The van der Waals surface area contributed by atoms with Crippen molar-refractivity contribution in [1.29, 1.82) is 5.26 Å². The third-order valence-corrected chi connectivity index (χ3v) is 4.06. The van der Waals surface area contributed by atoms with Crippen LogP contribution in [0.5, 0.6) is 0 Å². The molecule has 2 aromatic rings. The van der Waals surface area contributed by atoms with Gasteiger partial charge in [-0.2, -0.15) is 5.26 Å². The Morgan fingerprint density at radius 3 is 2.59 bits per heavy atom. The number of rotatable bonds is 1. The molecule has 0 fully saturated rings. The monoisotopic (exact) mass is 380 g/mol. The zero-order valence-corrected chi connectivity index (χ0v) is 15.9. The number of nitrogens with zero attached hydrogens (tertiary/aromatic N) is 2. The van der Waals surface area contributed by atoms with Crippen molar-refractivity contribution in [2.45, 2.75) is 26.4 Å². The van der Waals surface area contributed by atoms with E-state index >= 15 is 0 Å². The number of benzene rings is 2. The maximum absolute atomic E-state index is 13.0. The molecule has 6 heteroatoms. The van der Waals surface area contributed by atoms with E-state index in [9.17, 15) is 14.9 Å². The summed E-state index contributed by atoms with van der Waals surface area (Å²) in [5.74, 6) is -0.505. The number of amides is 2. The summed E-state index contributed by atoms with van der Waals surface area (Å²) in [6.45, 7) is 5.17. The molecule has 0 atom stereocenters. The standard InChI is InChI=1S/C21H17ClN2O3/c1-21(2,3)27-20(26)24-18-11-14(12-23)7-8-16(18)17(19(24)25)10-13-5-4-6-15(22)9-13/h4-11H,1-3H3/b17-10+. The van der Waals surface area contributed by atoms with E-state index in [1.54, 1.807) is 57.2 Å². The van der Waals surface area contributed by atoms with Crippen LogP contribution in [0.25, 0.3) is 11.6 Å². The van der Waals surface area contributed by atoms with Gasteiger partial charge in [-0.05, 0) is 56.7 Å². The molecule has 1 heterocycles. The van der Waals surface area contributed by atoms with Crippen molar-refractivity contribution in [3.63, 3.8) is 0 Å². The maximum atomic E-state index is 13.0. The molecule has 0 saturated carbocycles. The van der Waals surface area contributed by atoms with Gasteiger partial charge in [0.25, 0.3) is 5.91 Å². The molecule has 136 valence electrons. The van der Waals surface area contributed by atoms with E-state index in [0.717, 1.165) is 10.5 Å². The van der Waals surface area contributed by atoms with Gasteiger partial charge in [0.2, 0.25) is 0 Å². The molecule has 3 rings (SSSR count). The van der Waals surface area contributed by atoms with Crippen molar-refractivity contribution in [2.24, 2.45) is 0 Å². The van der Waals surface area contributed by atoms with Gasteiger partial charge in [-0.3, -0.25) is 4.79 Å². The molecule has 0 bridgehead atoms. The van der Waals surface area contributed by atoms with Gasteiger partial charge < -0.3 is 4.74 Å². The minimum absolute atomic E-state index is 0.335. The molecule has 0 unspecified atom stereocenters. The second-order valence-corrected chi connectivity index (χ2v) is 7.51. The van der Waals surface area contributed by atoms with E-state index in [2.05, 4.69) is 0 Å².